The Balaban J connectivity index is 2.21. The third-order valence-corrected chi connectivity index (χ3v) is 5.56. The summed E-state index contributed by atoms with van der Waals surface area (Å²) in [6.07, 6.45) is 0. The Morgan fingerprint density at radius 1 is 1.38 bits per heavy atom. The summed E-state index contributed by atoms with van der Waals surface area (Å²) in [5, 5.41) is 4.00. The van der Waals surface area contributed by atoms with Crippen molar-refractivity contribution in [3.05, 3.63) is 28.6 Å². The van der Waals surface area contributed by atoms with Gasteiger partial charge in [-0.15, -0.1) is 11.3 Å². The van der Waals surface area contributed by atoms with Crippen LogP contribution in [0.25, 0.3) is 10.1 Å². The summed E-state index contributed by atoms with van der Waals surface area (Å²) in [5.74, 6) is 0.336. The number of nitrogen functional groups attached to an aromatic ring is 1. The van der Waals surface area contributed by atoms with Crippen molar-refractivity contribution in [1.82, 2.24) is 5.32 Å². The van der Waals surface area contributed by atoms with E-state index < -0.39 is 0 Å². The third kappa shape index (κ3) is 3.21. The lowest BCUT2D eigenvalue weighted by molar-refractivity contribution is 0.0942. The first-order chi connectivity index (χ1) is 9.71. The molecule has 0 fully saturated rings. The van der Waals surface area contributed by atoms with E-state index in [1.165, 1.54) is 11.3 Å². The Labute approximate surface area is 130 Å². The molecule has 0 aliphatic rings. The van der Waals surface area contributed by atoms with Crippen LogP contribution in [0, 0.1) is 18.3 Å². The number of anilines is 1. The van der Waals surface area contributed by atoms with Gasteiger partial charge in [-0.1, -0.05) is 45.9 Å². The van der Waals surface area contributed by atoms with E-state index in [2.05, 4.69) is 33.0 Å². The topological polar surface area (TPSA) is 55.1 Å². The average Bonchev–Trinajstić information content (AvgIpc) is 2.74. The Morgan fingerprint density at radius 3 is 2.62 bits per heavy atom. The minimum atomic E-state index is -0.0656. The van der Waals surface area contributed by atoms with E-state index in [9.17, 15) is 4.79 Å². The molecular weight excluding hydrogens is 280 g/mol. The number of carbonyl (C=O) groups excluding carboxylic acids is 1. The van der Waals surface area contributed by atoms with Gasteiger partial charge in [-0.25, -0.2) is 0 Å². The molecule has 0 aliphatic carbocycles. The van der Waals surface area contributed by atoms with Crippen LogP contribution in [-0.2, 0) is 0 Å². The Morgan fingerprint density at radius 2 is 2.05 bits per heavy atom. The van der Waals surface area contributed by atoms with Crippen LogP contribution in [0.1, 0.15) is 42.9 Å². The largest absolute Gasteiger partial charge is 0.397 e. The first-order valence-corrected chi connectivity index (χ1v) is 8.09. The van der Waals surface area contributed by atoms with Gasteiger partial charge in [-0.3, -0.25) is 4.79 Å². The van der Waals surface area contributed by atoms with E-state index in [1.54, 1.807) is 0 Å². The van der Waals surface area contributed by atoms with Crippen LogP contribution in [0.15, 0.2) is 18.2 Å². The molecule has 2 rings (SSSR count). The van der Waals surface area contributed by atoms with Crippen LogP contribution in [-0.4, -0.2) is 12.5 Å². The molecule has 1 aromatic heterocycles. The second-order valence-corrected chi connectivity index (χ2v) is 7.79. The molecule has 3 N–H and O–H groups in total. The summed E-state index contributed by atoms with van der Waals surface area (Å²) in [4.78, 5) is 13.0. The van der Waals surface area contributed by atoms with Gasteiger partial charge in [-0.05, 0) is 23.8 Å². The summed E-state index contributed by atoms with van der Waals surface area (Å²) < 4.78 is 1.10. The zero-order valence-corrected chi connectivity index (χ0v) is 14.2. The van der Waals surface area contributed by atoms with Gasteiger partial charge in [0.1, 0.15) is 4.88 Å². The number of fused-ring (bicyclic) bond motifs is 1. The number of rotatable bonds is 3. The van der Waals surface area contributed by atoms with Gasteiger partial charge in [0, 0.05) is 16.6 Å². The van der Waals surface area contributed by atoms with E-state index in [-0.39, 0.29) is 11.3 Å². The minimum Gasteiger partial charge on any atom is -0.397 e. The Kier molecular flexibility index (Phi) is 4.28. The normalized spacial score (nSPS) is 13.4. The standard InChI is InChI=1S/C17H24N2OS/c1-10-7-6-8-12-13(18)15(21-14(10)12)16(20)19-9-11(2)17(3,4)5/h6-8,11H,9,18H2,1-5H3,(H,19,20). The number of thiophene rings is 1. The predicted octanol–water partition coefficient (Wildman–Crippen LogP) is 4.20. The fourth-order valence-electron chi connectivity index (χ4n) is 2.08. The quantitative estimate of drug-likeness (QED) is 0.892. The van der Waals surface area contributed by atoms with E-state index in [4.69, 9.17) is 5.73 Å². The van der Waals surface area contributed by atoms with Crippen molar-refractivity contribution in [1.29, 1.82) is 0 Å². The molecule has 2 aromatic rings. The Bertz CT molecular complexity index is 667. The van der Waals surface area contributed by atoms with Crippen LogP contribution in [0.3, 0.4) is 0 Å². The lowest BCUT2D eigenvalue weighted by Crippen LogP contribution is -2.33. The van der Waals surface area contributed by atoms with Crippen LogP contribution in [0.4, 0.5) is 5.69 Å². The maximum Gasteiger partial charge on any atom is 0.263 e. The summed E-state index contributed by atoms with van der Waals surface area (Å²) in [7, 11) is 0. The second-order valence-electron chi connectivity index (χ2n) is 6.77. The number of aryl methyl sites for hydroxylation is 1. The molecule has 1 amide bonds. The highest BCUT2D eigenvalue weighted by Crippen LogP contribution is 2.35. The van der Waals surface area contributed by atoms with Crippen molar-refractivity contribution in [3.63, 3.8) is 0 Å². The van der Waals surface area contributed by atoms with E-state index in [0.717, 1.165) is 15.6 Å². The SMILES string of the molecule is Cc1cccc2c(N)c(C(=O)NCC(C)C(C)(C)C)sc12. The van der Waals surface area contributed by atoms with Gasteiger partial charge in [0.05, 0.1) is 5.69 Å². The molecule has 1 heterocycles. The van der Waals surface area contributed by atoms with Gasteiger partial charge >= 0.3 is 0 Å². The van der Waals surface area contributed by atoms with E-state index >= 15 is 0 Å². The van der Waals surface area contributed by atoms with Crippen molar-refractivity contribution in [2.75, 3.05) is 12.3 Å². The van der Waals surface area contributed by atoms with Crippen LogP contribution in [0.5, 0.6) is 0 Å². The first-order valence-electron chi connectivity index (χ1n) is 7.27. The zero-order chi connectivity index (χ0) is 15.8. The first kappa shape index (κ1) is 15.8. The van der Waals surface area contributed by atoms with Crippen LogP contribution in [0.2, 0.25) is 0 Å². The number of hydrogen-bond donors (Lipinski definition) is 2. The van der Waals surface area contributed by atoms with Crippen molar-refractivity contribution >= 4 is 33.0 Å². The third-order valence-electron chi connectivity index (χ3n) is 4.20. The molecule has 0 spiro atoms. The van der Waals surface area contributed by atoms with Crippen molar-refractivity contribution < 1.29 is 4.79 Å². The summed E-state index contributed by atoms with van der Waals surface area (Å²) in [6, 6.07) is 5.99. The number of nitrogens with one attached hydrogen (secondary N) is 1. The lowest BCUT2D eigenvalue weighted by Gasteiger charge is -2.27. The van der Waals surface area contributed by atoms with Crippen molar-refractivity contribution in [2.45, 2.75) is 34.6 Å². The maximum absolute atomic E-state index is 12.4. The molecule has 4 heteroatoms. The predicted molar refractivity (Wildman–Crippen MR) is 91.9 cm³/mol. The maximum atomic E-state index is 12.4. The van der Waals surface area contributed by atoms with Crippen LogP contribution >= 0.6 is 11.3 Å². The van der Waals surface area contributed by atoms with Crippen molar-refractivity contribution in [3.8, 4) is 0 Å². The summed E-state index contributed by atoms with van der Waals surface area (Å²) >= 11 is 1.48. The highest BCUT2D eigenvalue weighted by molar-refractivity contribution is 7.21. The second kappa shape index (κ2) is 5.68. The number of hydrogen-bond acceptors (Lipinski definition) is 3. The summed E-state index contributed by atoms with van der Waals surface area (Å²) in [6.45, 7) is 11.4. The fraction of sp³-hybridized carbons (Fsp3) is 0.471. The molecule has 3 nitrogen and oxygen atoms in total. The monoisotopic (exact) mass is 304 g/mol. The summed E-state index contributed by atoms with van der Waals surface area (Å²) in [5.41, 5.74) is 8.08. The molecule has 1 aromatic carbocycles. The van der Waals surface area contributed by atoms with Crippen LogP contribution < -0.4 is 11.1 Å². The van der Waals surface area contributed by atoms with Crippen molar-refractivity contribution in [2.24, 2.45) is 11.3 Å². The van der Waals surface area contributed by atoms with Gasteiger partial charge in [0.15, 0.2) is 0 Å². The highest BCUT2D eigenvalue weighted by Gasteiger charge is 2.22. The number of amides is 1. The van der Waals surface area contributed by atoms with E-state index in [1.807, 2.05) is 25.1 Å². The lowest BCUT2D eigenvalue weighted by atomic mass is 9.82. The Hall–Kier alpha value is -1.55. The molecule has 0 bridgehead atoms. The molecule has 0 radical (unpaired) electrons. The smallest absolute Gasteiger partial charge is 0.263 e. The molecule has 0 aliphatic heterocycles. The minimum absolute atomic E-state index is 0.0656. The number of nitrogens with two attached hydrogens (primary N) is 1. The molecule has 0 saturated carbocycles. The molecule has 0 saturated heterocycles. The van der Waals surface area contributed by atoms with Gasteiger partial charge < -0.3 is 11.1 Å². The molecule has 114 valence electrons. The molecule has 1 unspecified atom stereocenters. The number of carbonyl (C=O) groups is 1. The highest BCUT2D eigenvalue weighted by atomic mass is 32.1. The van der Waals surface area contributed by atoms with Gasteiger partial charge in [0.25, 0.3) is 5.91 Å². The van der Waals surface area contributed by atoms with Gasteiger partial charge in [-0.2, -0.15) is 0 Å². The molecule has 1 atom stereocenters. The molecular formula is C17H24N2OS. The fourth-order valence-corrected chi connectivity index (χ4v) is 3.19. The average molecular weight is 304 g/mol. The number of benzene rings is 1. The molecule has 21 heavy (non-hydrogen) atoms. The zero-order valence-electron chi connectivity index (χ0n) is 13.4. The van der Waals surface area contributed by atoms with E-state index in [0.29, 0.717) is 23.0 Å². The van der Waals surface area contributed by atoms with Gasteiger partial charge in [0.2, 0.25) is 0 Å².